The standard InChI is InChI=1S/C13H16N4O2/c1-9-8-16(10(2)7-15-9)12-4-3-11(6-14)13(5-12)17(18)19/h3-5,9-10,15H,7-8H2,1-2H3. The lowest BCUT2D eigenvalue weighted by molar-refractivity contribution is -0.385. The van der Waals surface area contributed by atoms with Gasteiger partial charge in [0.05, 0.1) is 4.92 Å². The summed E-state index contributed by atoms with van der Waals surface area (Å²) in [5, 5.41) is 23.2. The SMILES string of the molecule is CC1CN(c2ccc(C#N)c([N+](=O)[O-])c2)C(C)CN1. The first-order valence-electron chi connectivity index (χ1n) is 6.21. The van der Waals surface area contributed by atoms with E-state index in [9.17, 15) is 10.1 Å². The molecule has 19 heavy (non-hydrogen) atoms. The second-order valence-corrected chi connectivity index (χ2v) is 4.88. The zero-order valence-corrected chi connectivity index (χ0v) is 11.0. The molecular formula is C13H16N4O2. The van der Waals surface area contributed by atoms with Crippen molar-refractivity contribution in [3.63, 3.8) is 0 Å². The maximum Gasteiger partial charge on any atom is 0.289 e. The van der Waals surface area contributed by atoms with Crippen molar-refractivity contribution in [2.24, 2.45) is 0 Å². The molecular weight excluding hydrogens is 244 g/mol. The zero-order chi connectivity index (χ0) is 14.0. The van der Waals surface area contributed by atoms with Gasteiger partial charge in [-0.25, -0.2) is 0 Å². The third kappa shape index (κ3) is 2.66. The third-order valence-corrected chi connectivity index (χ3v) is 3.39. The first-order chi connectivity index (χ1) is 9.02. The molecule has 0 radical (unpaired) electrons. The second-order valence-electron chi connectivity index (χ2n) is 4.88. The molecule has 0 amide bonds. The molecule has 1 aromatic carbocycles. The second kappa shape index (κ2) is 5.24. The molecule has 2 atom stereocenters. The summed E-state index contributed by atoms with van der Waals surface area (Å²) < 4.78 is 0. The lowest BCUT2D eigenvalue weighted by Crippen LogP contribution is -2.54. The smallest absolute Gasteiger partial charge is 0.289 e. The molecule has 1 saturated heterocycles. The van der Waals surface area contributed by atoms with E-state index in [1.807, 2.05) is 6.07 Å². The van der Waals surface area contributed by atoms with Crippen molar-refractivity contribution in [1.29, 1.82) is 5.26 Å². The maximum absolute atomic E-state index is 11.0. The predicted molar refractivity (Wildman–Crippen MR) is 72.1 cm³/mol. The number of nitrogens with zero attached hydrogens (tertiary/aromatic N) is 3. The summed E-state index contributed by atoms with van der Waals surface area (Å²) in [7, 11) is 0. The molecule has 1 aromatic rings. The quantitative estimate of drug-likeness (QED) is 0.646. The summed E-state index contributed by atoms with van der Waals surface area (Å²) in [6, 6.07) is 7.25. The van der Waals surface area contributed by atoms with E-state index in [2.05, 4.69) is 24.1 Å². The predicted octanol–water partition coefficient (Wildman–Crippen LogP) is 1.65. The van der Waals surface area contributed by atoms with Gasteiger partial charge in [-0.05, 0) is 26.0 Å². The summed E-state index contributed by atoms with van der Waals surface area (Å²) in [5.74, 6) is 0. The van der Waals surface area contributed by atoms with Crippen LogP contribution in [-0.2, 0) is 0 Å². The molecule has 0 saturated carbocycles. The van der Waals surface area contributed by atoms with Crippen LogP contribution in [0.2, 0.25) is 0 Å². The monoisotopic (exact) mass is 260 g/mol. The number of nitro benzene ring substituents is 1. The Labute approximate surface area is 111 Å². The number of nitro groups is 1. The van der Waals surface area contributed by atoms with E-state index in [0.29, 0.717) is 6.04 Å². The summed E-state index contributed by atoms with van der Waals surface area (Å²) in [6.45, 7) is 5.79. The van der Waals surface area contributed by atoms with Crippen molar-refractivity contribution in [3.8, 4) is 6.07 Å². The molecule has 1 heterocycles. The molecule has 0 spiro atoms. The molecule has 1 aliphatic heterocycles. The van der Waals surface area contributed by atoms with Gasteiger partial charge in [0.1, 0.15) is 11.6 Å². The highest BCUT2D eigenvalue weighted by Crippen LogP contribution is 2.27. The Bertz CT molecular complexity index is 538. The lowest BCUT2D eigenvalue weighted by atomic mass is 10.1. The van der Waals surface area contributed by atoms with Crippen LogP contribution in [0, 0.1) is 21.4 Å². The minimum atomic E-state index is -0.502. The van der Waals surface area contributed by atoms with Crippen molar-refractivity contribution < 1.29 is 4.92 Å². The van der Waals surface area contributed by atoms with Gasteiger partial charge in [-0.1, -0.05) is 0 Å². The van der Waals surface area contributed by atoms with Gasteiger partial charge in [-0.2, -0.15) is 5.26 Å². The number of nitrogens with one attached hydrogen (secondary N) is 1. The number of anilines is 1. The van der Waals surface area contributed by atoms with Crippen molar-refractivity contribution in [2.75, 3.05) is 18.0 Å². The minimum absolute atomic E-state index is 0.101. The number of hydrogen-bond donors (Lipinski definition) is 1. The number of piperazine rings is 1. The highest BCUT2D eigenvalue weighted by Gasteiger charge is 2.24. The molecule has 1 N–H and O–H groups in total. The summed E-state index contributed by atoms with van der Waals surface area (Å²) in [4.78, 5) is 12.6. The molecule has 1 fully saturated rings. The lowest BCUT2D eigenvalue weighted by Gasteiger charge is -2.39. The summed E-state index contributed by atoms with van der Waals surface area (Å²) >= 11 is 0. The molecule has 2 unspecified atom stereocenters. The van der Waals surface area contributed by atoms with E-state index in [-0.39, 0.29) is 17.3 Å². The largest absolute Gasteiger partial charge is 0.366 e. The van der Waals surface area contributed by atoms with Gasteiger partial charge in [0.25, 0.3) is 5.69 Å². The fourth-order valence-corrected chi connectivity index (χ4v) is 2.33. The van der Waals surface area contributed by atoms with Gasteiger partial charge in [0, 0.05) is 36.9 Å². The summed E-state index contributed by atoms with van der Waals surface area (Å²) in [6.07, 6.45) is 0. The fourth-order valence-electron chi connectivity index (χ4n) is 2.33. The van der Waals surface area contributed by atoms with Gasteiger partial charge in [-0.15, -0.1) is 0 Å². The number of nitriles is 1. The van der Waals surface area contributed by atoms with Crippen LogP contribution in [0.5, 0.6) is 0 Å². The molecule has 0 aromatic heterocycles. The van der Waals surface area contributed by atoms with Crippen molar-refractivity contribution in [1.82, 2.24) is 5.32 Å². The highest BCUT2D eigenvalue weighted by atomic mass is 16.6. The van der Waals surface area contributed by atoms with Gasteiger partial charge < -0.3 is 10.2 Å². The summed E-state index contributed by atoms with van der Waals surface area (Å²) in [5.41, 5.74) is 0.773. The Morgan fingerprint density at radius 1 is 1.53 bits per heavy atom. The maximum atomic E-state index is 11.0. The molecule has 0 aliphatic carbocycles. The Hall–Kier alpha value is -2.13. The topological polar surface area (TPSA) is 82.2 Å². The van der Waals surface area contributed by atoms with E-state index in [1.165, 1.54) is 12.1 Å². The molecule has 2 rings (SSSR count). The van der Waals surface area contributed by atoms with E-state index < -0.39 is 4.92 Å². The first-order valence-corrected chi connectivity index (χ1v) is 6.21. The minimum Gasteiger partial charge on any atom is -0.366 e. The Morgan fingerprint density at radius 2 is 2.26 bits per heavy atom. The molecule has 1 aliphatic rings. The average molecular weight is 260 g/mol. The van der Waals surface area contributed by atoms with Crippen LogP contribution in [-0.4, -0.2) is 30.1 Å². The van der Waals surface area contributed by atoms with Crippen LogP contribution >= 0.6 is 0 Å². The fraction of sp³-hybridized carbons (Fsp3) is 0.462. The Kier molecular flexibility index (Phi) is 3.67. The van der Waals surface area contributed by atoms with Crippen LogP contribution in [0.25, 0.3) is 0 Å². The van der Waals surface area contributed by atoms with Crippen LogP contribution in [0.3, 0.4) is 0 Å². The zero-order valence-electron chi connectivity index (χ0n) is 11.0. The van der Waals surface area contributed by atoms with Crippen LogP contribution < -0.4 is 10.2 Å². The number of hydrogen-bond acceptors (Lipinski definition) is 5. The number of benzene rings is 1. The molecule has 100 valence electrons. The van der Waals surface area contributed by atoms with Crippen LogP contribution in [0.15, 0.2) is 18.2 Å². The first kappa shape index (κ1) is 13.3. The van der Waals surface area contributed by atoms with Gasteiger partial charge in [-0.3, -0.25) is 10.1 Å². The van der Waals surface area contributed by atoms with Crippen molar-refractivity contribution >= 4 is 11.4 Å². The van der Waals surface area contributed by atoms with Gasteiger partial charge in [0.2, 0.25) is 0 Å². The molecule has 6 heteroatoms. The van der Waals surface area contributed by atoms with Gasteiger partial charge in [0.15, 0.2) is 0 Å². The van der Waals surface area contributed by atoms with E-state index in [0.717, 1.165) is 18.8 Å². The van der Waals surface area contributed by atoms with E-state index >= 15 is 0 Å². The van der Waals surface area contributed by atoms with E-state index in [4.69, 9.17) is 5.26 Å². The molecule has 6 nitrogen and oxygen atoms in total. The highest BCUT2D eigenvalue weighted by molar-refractivity contribution is 5.61. The normalized spacial score (nSPS) is 22.9. The Balaban J connectivity index is 2.37. The van der Waals surface area contributed by atoms with Crippen molar-refractivity contribution in [3.05, 3.63) is 33.9 Å². The van der Waals surface area contributed by atoms with Crippen molar-refractivity contribution in [2.45, 2.75) is 25.9 Å². The van der Waals surface area contributed by atoms with Gasteiger partial charge >= 0.3 is 0 Å². The Morgan fingerprint density at radius 3 is 2.89 bits per heavy atom. The number of rotatable bonds is 2. The van der Waals surface area contributed by atoms with Crippen LogP contribution in [0.1, 0.15) is 19.4 Å². The van der Waals surface area contributed by atoms with Crippen LogP contribution in [0.4, 0.5) is 11.4 Å². The molecule has 0 bridgehead atoms. The third-order valence-electron chi connectivity index (χ3n) is 3.39. The van der Waals surface area contributed by atoms with E-state index in [1.54, 1.807) is 6.07 Å². The average Bonchev–Trinajstić information content (AvgIpc) is 2.40.